The molecule has 0 aromatic rings. The average Bonchev–Trinajstić information content (AvgIpc) is 2.92. The molecule has 1 aliphatic heterocycles. The molecule has 5 atom stereocenters. The van der Waals surface area contributed by atoms with Crippen molar-refractivity contribution in [2.75, 3.05) is 0 Å². The highest BCUT2D eigenvalue weighted by atomic mass is 28.4. The van der Waals surface area contributed by atoms with Crippen molar-refractivity contribution in [2.24, 2.45) is 11.8 Å². The Kier molecular flexibility index (Phi) is 7.51. The first-order valence-corrected chi connectivity index (χ1v) is 13.3. The third kappa shape index (κ3) is 6.30. The van der Waals surface area contributed by atoms with Gasteiger partial charge in [-0.15, -0.1) is 0 Å². The number of cyclic esters (lactones) is 1. The van der Waals surface area contributed by atoms with Gasteiger partial charge in [0, 0.05) is 12.2 Å². The van der Waals surface area contributed by atoms with Gasteiger partial charge in [-0.25, -0.2) is 4.79 Å². The van der Waals surface area contributed by atoms with Crippen LogP contribution in [0, 0.1) is 11.8 Å². The molecule has 0 aromatic carbocycles. The Morgan fingerprint density at radius 2 is 1.93 bits per heavy atom. The van der Waals surface area contributed by atoms with Gasteiger partial charge in [-0.1, -0.05) is 32.9 Å². The Balaban J connectivity index is 2.14. The summed E-state index contributed by atoms with van der Waals surface area (Å²) in [6.45, 7) is 13.3. The molecule has 2 rings (SSSR count). The highest BCUT2D eigenvalue weighted by Gasteiger charge is 2.43. The van der Waals surface area contributed by atoms with Gasteiger partial charge in [0.05, 0.1) is 12.2 Å². The van der Waals surface area contributed by atoms with Crippen LogP contribution in [0.25, 0.3) is 0 Å². The van der Waals surface area contributed by atoms with Crippen molar-refractivity contribution in [2.45, 2.75) is 96.2 Å². The number of aliphatic hydroxyl groups excluding tert-OH is 1. The molecule has 2 aliphatic rings. The minimum atomic E-state index is -1.84. The summed E-state index contributed by atoms with van der Waals surface area (Å²) >= 11 is 0. The van der Waals surface area contributed by atoms with Crippen molar-refractivity contribution >= 4 is 14.3 Å². The largest absolute Gasteiger partial charge is 0.460 e. The molecule has 1 saturated carbocycles. The molecule has 1 fully saturated rings. The highest BCUT2D eigenvalue weighted by Crippen LogP contribution is 2.43. The fourth-order valence-electron chi connectivity index (χ4n) is 3.77. The first-order valence-electron chi connectivity index (χ1n) is 10.4. The van der Waals surface area contributed by atoms with E-state index < -0.39 is 14.4 Å². The summed E-state index contributed by atoms with van der Waals surface area (Å²) in [6, 6.07) is 0. The van der Waals surface area contributed by atoms with E-state index in [1.54, 1.807) is 6.08 Å². The second kappa shape index (κ2) is 9.06. The molecule has 1 heterocycles. The lowest BCUT2D eigenvalue weighted by molar-refractivity contribution is -0.142. The minimum absolute atomic E-state index is 0.0817. The quantitative estimate of drug-likeness (QED) is 0.407. The lowest BCUT2D eigenvalue weighted by atomic mass is 9.90. The maximum atomic E-state index is 11.9. The molecule has 4 nitrogen and oxygen atoms in total. The molecule has 0 aromatic heterocycles. The maximum absolute atomic E-state index is 11.9. The Labute approximate surface area is 166 Å². The van der Waals surface area contributed by atoms with Crippen LogP contribution in [0.5, 0.6) is 0 Å². The molecule has 0 saturated heterocycles. The van der Waals surface area contributed by atoms with Gasteiger partial charge < -0.3 is 14.3 Å². The molecule has 0 radical (unpaired) electrons. The van der Waals surface area contributed by atoms with Gasteiger partial charge in [0.1, 0.15) is 0 Å². The van der Waals surface area contributed by atoms with Crippen LogP contribution >= 0.6 is 0 Å². The molecule has 5 heteroatoms. The molecule has 1 aliphatic carbocycles. The van der Waals surface area contributed by atoms with Crippen molar-refractivity contribution in [3.8, 4) is 0 Å². The van der Waals surface area contributed by atoms with Crippen molar-refractivity contribution in [1.29, 1.82) is 0 Å². The van der Waals surface area contributed by atoms with Crippen LogP contribution in [-0.4, -0.2) is 37.7 Å². The third-order valence-corrected chi connectivity index (χ3v) is 11.0. The summed E-state index contributed by atoms with van der Waals surface area (Å²) in [6.07, 6.45) is 11.5. The molecule has 154 valence electrons. The minimum Gasteiger partial charge on any atom is -0.460 e. The summed E-state index contributed by atoms with van der Waals surface area (Å²) in [5.41, 5.74) is 0. The molecule has 1 N–H and O–H groups in total. The van der Waals surface area contributed by atoms with Crippen molar-refractivity contribution in [3.05, 3.63) is 24.3 Å². The van der Waals surface area contributed by atoms with Crippen LogP contribution in [0.2, 0.25) is 18.1 Å². The number of fused-ring (bicyclic) bond motifs is 1. The SMILES string of the molecule is C[C@H]1CCC/C=C/[C@@H]2C[C@H](O[Si](C)(C)C(C)(C)C)C[C@H]2[C@H](O)/C=C/C(=O)O1. The Bertz CT molecular complexity index is 561. The normalized spacial score (nSPS) is 36.0. The number of hydrogen-bond acceptors (Lipinski definition) is 4. The fourth-order valence-corrected chi connectivity index (χ4v) is 5.15. The predicted molar refractivity (Wildman–Crippen MR) is 112 cm³/mol. The van der Waals surface area contributed by atoms with E-state index in [0.717, 1.165) is 32.1 Å². The van der Waals surface area contributed by atoms with Gasteiger partial charge in [-0.3, -0.25) is 0 Å². The van der Waals surface area contributed by atoms with E-state index in [0.29, 0.717) is 0 Å². The number of esters is 1. The summed E-state index contributed by atoms with van der Waals surface area (Å²) in [4.78, 5) is 11.9. The van der Waals surface area contributed by atoms with Crippen molar-refractivity contribution in [3.63, 3.8) is 0 Å². The second-order valence-corrected chi connectivity index (χ2v) is 14.5. The zero-order valence-electron chi connectivity index (χ0n) is 17.9. The van der Waals surface area contributed by atoms with E-state index in [4.69, 9.17) is 9.16 Å². The van der Waals surface area contributed by atoms with E-state index in [1.165, 1.54) is 6.08 Å². The van der Waals surface area contributed by atoms with Crippen LogP contribution in [0.15, 0.2) is 24.3 Å². The second-order valence-electron chi connectivity index (χ2n) is 9.76. The number of hydrogen-bond donors (Lipinski definition) is 1. The number of carbonyl (C=O) groups is 1. The summed E-state index contributed by atoms with van der Waals surface area (Å²) in [5, 5.41) is 10.9. The zero-order chi connectivity index (χ0) is 20.2. The Morgan fingerprint density at radius 1 is 1.22 bits per heavy atom. The first-order chi connectivity index (χ1) is 12.5. The van der Waals surface area contributed by atoms with E-state index in [9.17, 15) is 9.90 Å². The molecule has 27 heavy (non-hydrogen) atoms. The lowest BCUT2D eigenvalue weighted by Gasteiger charge is -2.38. The zero-order valence-corrected chi connectivity index (χ0v) is 18.9. The summed E-state index contributed by atoms with van der Waals surface area (Å²) < 4.78 is 12.0. The fraction of sp³-hybridized carbons (Fsp3) is 0.773. The summed E-state index contributed by atoms with van der Waals surface area (Å²) in [7, 11) is -1.84. The van der Waals surface area contributed by atoms with Crippen molar-refractivity contribution in [1.82, 2.24) is 0 Å². The molecule has 0 amide bonds. The van der Waals surface area contributed by atoms with Gasteiger partial charge in [0.25, 0.3) is 0 Å². The topological polar surface area (TPSA) is 55.8 Å². The summed E-state index contributed by atoms with van der Waals surface area (Å²) in [5.74, 6) is 0.00392. The van der Waals surface area contributed by atoms with Crippen LogP contribution in [0.4, 0.5) is 0 Å². The molecule has 0 unspecified atom stereocenters. The van der Waals surface area contributed by atoms with Gasteiger partial charge in [0.15, 0.2) is 8.32 Å². The van der Waals surface area contributed by atoms with E-state index in [2.05, 4.69) is 46.0 Å². The number of carbonyl (C=O) groups excluding carboxylic acids is 1. The van der Waals surface area contributed by atoms with E-state index in [-0.39, 0.29) is 35.1 Å². The lowest BCUT2D eigenvalue weighted by Crippen LogP contribution is -2.43. The van der Waals surface area contributed by atoms with Crippen LogP contribution < -0.4 is 0 Å². The smallest absolute Gasteiger partial charge is 0.330 e. The number of allylic oxidation sites excluding steroid dienone is 2. The Hall–Kier alpha value is -0.913. The average molecular weight is 395 g/mol. The third-order valence-electron chi connectivity index (χ3n) is 6.44. The van der Waals surface area contributed by atoms with E-state index >= 15 is 0 Å². The molecular formula is C22H38O4Si. The van der Waals surface area contributed by atoms with Crippen molar-refractivity contribution < 1.29 is 19.1 Å². The number of rotatable bonds is 2. The van der Waals surface area contributed by atoms with E-state index in [1.807, 2.05) is 6.92 Å². The molecule has 0 spiro atoms. The van der Waals surface area contributed by atoms with Gasteiger partial charge >= 0.3 is 5.97 Å². The molecule has 0 bridgehead atoms. The van der Waals surface area contributed by atoms with Gasteiger partial charge in [-0.2, -0.15) is 0 Å². The van der Waals surface area contributed by atoms with Gasteiger partial charge in [0.2, 0.25) is 0 Å². The van der Waals surface area contributed by atoms with Crippen LogP contribution in [0.3, 0.4) is 0 Å². The number of aliphatic hydroxyl groups is 1. The van der Waals surface area contributed by atoms with Crippen LogP contribution in [-0.2, 0) is 14.0 Å². The molecular weight excluding hydrogens is 356 g/mol. The standard InChI is InChI=1S/C22H38O4Si/c1-16-10-8-7-9-11-17-14-18(26-27(5,6)22(2,3)4)15-19(17)20(23)12-13-21(24)25-16/h9,11-13,16-20,23H,7-8,10,14-15H2,1-6H3/b11-9+,13-12+/t16-,17+,18-,19+,20+/m0/s1. The first kappa shape index (κ1) is 22.4. The highest BCUT2D eigenvalue weighted by molar-refractivity contribution is 6.74. The number of ether oxygens (including phenoxy) is 1. The maximum Gasteiger partial charge on any atom is 0.330 e. The monoisotopic (exact) mass is 394 g/mol. The van der Waals surface area contributed by atoms with Gasteiger partial charge in [-0.05, 0) is 75.1 Å². The Morgan fingerprint density at radius 3 is 2.59 bits per heavy atom. The predicted octanol–water partition coefficient (Wildman–Crippen LogP) is 4.99. The van der Waals surface area contributed by atoms with Crippen LogP contribution in [0.1, 0.15) is 59.8 Å².